The third-order valence-corrected chi connectivity index (χ3v) is 9.24. The topological polar surface area (TPSA) is 88.6 Å². The number of amides is 2. The average molecular weight is 514 g/mol. The largest absolute Gasteiger partial charge is 0.366 e. The maximum Gasteiger partial charge on any atom is 0.262 e. The summed E-state index contributed by atoms with van der Waals surface area (Å²) in [6, 6.07) is 6.54. The van der Waals surface area contributed by atoms with Gasteiger partial charge in [-0.1, -0.05) is 12.8 Å². The molecule has 0 bridgehead atoms. The molecule has 0 unspecified atom stereocenters. The van der Waals surface area contributed by atoms with E-state index in [1.807, 2.05) is 24.4 Å². The molecule has 0 radical (unpaired) electrons. The number of aromatic nitrogens is 1. The van der Waals surface area contributed by atoms with Crippen LogP contribution in [-0.4, -0.2) is 64.2 Å². The van der Waals surface area contributed by atoms with Gasteiger partial charge in [0.25, 0.3) is 5.91 Å². The van der Waals surface area contributed by atoms with E-state index >= 15 is 0 Å². The number of Topliss-reactive ketones (excluding diaryl/α,β-unsaturated/α-hetero) is 1. The number of thiophene rings is 1. The van der Waals surface area contributed by atoms with Crippen LogP contribution in [0, 0.1) is 5.92 Å². The second-order valence-electron chi connectivity index (χ2n) is 10.1. The van der Waals surface area contributed by atoms with Gasteiger partial charge in [-0.25, -0.2) is 0 Å². The van der Waals surface area contributed by atoms with Crippen molar-refractivity contribution < 1.29 is 19.1 Å². The van der Waals surface area contributed by atoms with E-state index in [0.717, 1.165) is 41.8 Å². The number of ether oxygens (including phenoxy) is 1. The Morgan fingerprint density at radius 1 is 1.17 bits per heavy atom. The summed E-state index contributed by atoms with van der Waals surface area (Å²) in [5.74, 6) is 0.0226. The van der Waals surface area contributed by atoms with Gasteiger partial charge in [-0.2, -0.15) is 0 Å². The number of halogens is 1. The van der Waals surface area contributed by atoms with Gasteiger partial charge in [-0.15, -0.1) is 22.9 Å². The van der Waals surface area contributed by atoms with Crippen molar-refractivity contribution in [1.29, 1.82) is 0 Å². The van der Waals surface area contributed by atoms with E-state index in [9.17, 15) is 14.4 Å². The smallest absolute Gasteiger partial charge is 0.262 e. The number of fused-ring (bicyclic) bond motifs is 1. The molecule has 184 valence electrons. The molecular formula is C26H28ClN3O4S. The number of ketones is 1. The zero-order valence-electron chi connectivity index (χ0n) is 19.3. The van der Waals surface area contributed by atoms with Gasteiger partial charge in [-0.05, 0) is 61.4 Å². The first kappa shape index (κ1) is 23.1. The highest BCUT2D eigenvalue weighted by atomic mass is 35.5. The van der Waals surface area contributed by atoms with Crippen LogP contribution in [0.4, 0.5) is 0 Å². The fourth-order valence-electron chi connectivity index (χ4n) is 5.71. The first-order valence-corrected chi connectivity index (χ1v) is 13.7. The SMILES string of the molecule is O=C(N[C@H](C(=O)N1C[C@H](Cl)[C@H]2OCC(=O)[C@H]21)C1CCCC1)c1ccc(-c2ccnc(C3CC3)c2)s1. The molecule has 6 rings (SSSR count). The highest BCUT2D eigenvalue weighted by Crippen LogP contribution is 2.40. The van der Waals surface area contributed by atoms with Crippen LogP contribution in [0.1, 0.15) is 59.8 Å². The zero-order valence-corrected chi connectivity index (χ0v) is 20.9. The molecule has 0 aromatic carbocycles. The number of pyridine rings is 1. The molecule has 2 aromatic heterocycles. The number of nitrogens with one attached hydrogen (secondary N) is 1. The minimum absolute atomic E-state index is 0.0156. The Morgan fingerprint density at radius 2 is 1.97 bits per heavy atom. The van der Waals surface area contributed by atoms with Gasteiger partial charge in [0.2, 0.25) is 5.91 Å². The van der Waals surface area contributed by atoms with E-state index in [1.165, 1.54) is 24.2 Å². The lowest BCUT2D eigenvalue weighted by Crippen LogP contribution is -2.54. The van der Waals surface area contributed by atoms with Gasteiger partial charge in [0.15, 0.2) is 5.78 Å². The summed E-state index contributed by atoms with van der Waals surface area (Å²) in [6.07, 6.45) is 7.56. The molecule has 0 spiro atoms. The van der Waals surface area contributed by atoms with Gasteiger partial charge in [0.1, 0.15) is 24.8 Å². The lowest BCUT2D eigenvalue weighted by molar-refractivity contribution is -0.139. The van der Waals surface area contributed by atoms with E-state index in [-0.39, 0.29) is 36.7 Å². The summed E-state index contributed by atoms with van der Waals surface area (Å²) in [4.78, 5) is 47.1. The standard InChI is InChI=1S/C26H28ClN3O4S/c27-17-12-30(23-19(31)13-34-24(17)23)26(33)22(15-3-1-2-4-15)29-25(32)21-8-7-20(35-21)16-9-10-28-18(11-16)14-5-6-14/h7-11,14-15,17,22-24H,1-6,12-13H2,(H,29,32)/t17-,22-,23+,24+/m0/s1. The van der Waals surface area contributed by atoms with Crippen molar-refractivity contribution in [3.05, 3.63) is 41.0 Å². The van der Waals surface area contributed by atoms with Gasteiger partial charge >= 0.3 is 0 Å². The van der Waals surface area contributed by atoms with Crippen LogP contribution in [0.2, 0.25) is 0 Å². The molecule has 4 heterocycles. The van der Waals surface area contributed by atoms with Crippen LogP contribution in [0.3, 0.4) is 0 Å². The quantitative estimate of drug-likeness (QED) is 0.594. The van der Waals surface area contributed by atoms with Crippen LogP contribution in [0.25, 0.3) is 10.4 Å². The monoisotopic (exact) mass is 513 g/mol. The third kappa shape index (κ3) is 4.41. The first-order valence-electron chi connectivity index (χ1n) is 12.5. The molecular weight excluding hydrogens is 486 g/mol. The highest BCUT2D eigenvalue weighted by molar-refractivity contribution is 7.17. The summed E-state index contributed by atoms with van der Waals surface area (Å²) >= 11 is 7.84. The third-order valence-electron chi connectivity index (χ3n) is 7.72. The molecule has 4 fully saturated rings. The van der Waals surface area contributed by atoms with Crippen molar-refractivity contribution in [1.82, 2.24) is 15.2 Å². The molecule has 2 amide bonds. The molecule has 2 aliphatic heterocycles. The number of hydrogen-bond donors (Lipinski definition) is 1. The molecule has 9 heteroatoms. The van der Waals surface area contributed by atoms with Gasteiger partial charge in [0.05, 0.1) is 10.3 Å². The zero-order chi connectivity index (χ0) is 24.1. The van der Waals surface area contributed by atoms with Crippen molar-refractivity contribution in [3.63, 3.8) is 0 Å². The lowest BCUT2D eigenvalue weighted by Gasteiger charge is -2.30. The normalized spacial score (nSPS) is 27.3. The van der Waals surface area contributed by atoms with Gasteiger partial charge < -0.3 is 15.0 Å². The van der Waals surface area contributed by atoms with Crippen molar-refractivity contribution >= 4 is 40.5 Å². The minimum Gasteiger partial charge on any atom is -0.366 e. The van der Waals surface area contributed by atoms with Crippen LogP contribution in [0.5, 0.6) is 0 Å². The van der Waals surface area contributed by atoms with Crippen molar-refractivity contribution in [2.45, 2.75) is 68.0 Å². The summed E-state index contributed by atoms with van der Waals surface area (Å²) in [7, 11) is 0. The molecule has 2 saturated heterocycles. The fourth-order valence-corrected chi connectivity index (χ4v) is 6.97. The van der Waals surface area contributed by atoms with Crippen LogP contribution < -0.4 is 5.32 Å². The van der Waals surface area contributed by atoms with Crippen LogP contribution in [0.15, 0.2) is 30.5 Å². The van der Waals surface area contributed by atoms with Crippen molar-refractivity contribution in [3.8, 4) is 10.4 Å². The van der Waals surface area contributed by atoms with Crippen molar-refractivity contribution in [2.24, 2.45) is 5.92 Å². The minimum atomic E-state index is -0.672. The van der Waals surface area contributed by atoms with Crippen LogP contribution in [-0.2, 0) is 14.3 Å². The first-order chi connectivity index (χ1) is 17.0. The number of rotatable bonds is 6. The number of nitrogens with zero attached hydrogens (tertiary/aromatic N) is 2. The predicted octanol–water partition coefficient (Wildman–Crippen LogP) is 3.76. The number of alkyl halides is 1. The Bertz CT molecular complexity index is 1160. The second-order valence-corrected chi connectivity index (χ2v) is 11.7. The van der Waals surface area contributed by atoms with E-state index in [2.05, 4.69) is 16.4 Å². The van der Waals surface area contributed by atoms with Crippen LogP contribution >= 0.6 is 22.9 Å². The van der Waals surface area contributed by atoms with Gasteiger partial charge in [0, 0.05) is 29.2 Å². The van der Waals surface area contributed by atoms with E-state index in [4.69, 9.17) is 16.3 Å². The number of likely N-dealkylation sites (tertiary alicyclic amines) is 1. The predicted molar refractivity (Wildman–Crippen MR) is 133 cm³/mol. The number of hydrogen-bond acceptors (Lipinski definition) is 6. The van der Waals surface area contributed by atoms with E-state index in [1.54, 1.807) is 4.90 Å². The average Bonchev–Trinajstić information content (AvgIpc) is 3.25. The Balaban J connectivity index is 1.21. The molecule has 2 saturated carbocycles. The number of carbonyl (C=O) groups is 3. The van der Waals surface area contributed by atoms with Crippen molar-refractivity contribution in [2.75, 3.05) is 13.2 Å². The van der Waals surface area contributed by atoms with E-state index in [0.29, 0.717) is 10.8 Å². The Labute approximate surface area is 213 Å². The molecule has 35 heavy (non-hydrogen) atoms. The maximum atomic E-state index is 13.7. The summed E-state index contributed by atoms with van der Waals surface area (Å²) < 4.78 is 5.54. The highest BCUT2D eigenvalue weighted by Gasteiger charge is 2.53. The Hall–Kier alpha value is -2.29. The summed E-state index contributed by atoms with van der Waals surface area (Å²) in [5, 5.41) is 2.62. The Kier molecular flexibility index (Phi) is 6.15. The molecule has 4 atom stereocenters. The second kappa shape index (κ2) is 9.30. The fraction of sp³-hybridized carbons (Fsp3) is 0.538. The van der Waals surface area contributed by atoms with Gasteiger partial charge in [-0.3, -0.25) is 19.4 Å². The lowest BCUT2D eigenvalue weighted by atomic mass is 9.96. The molecule has 7 nitrogen and oxygen atoms in total. The maximum absolute atomic E-state index is 13.7. The molecule has 2 aromatic rings. The summed E-state index contributed by atoms with van der Waals surface area (Å²) in [5.41, 5.74) is 2.17. The molecule has 4 aliphatic rings. The summed E-state index contributed by atoms with van der Waals surface area (Å²) in [6.45, 7) is 0.243. The Morgan fingerprint density at radius 3 is 2.74 bits per heavy atom. The molecule has 1 N–H and O–H groups in total. The van der Waals surface area contributed by atoms with E-state index < -0.39 is 23.6 Å². The number of carbonyl (C=O) groups excluding carboxylic acids is 3. The molecule has 2 aliphatic carbocycles.